The van der Waals surface area contributed by atoms with Gasteiger partial charge >= 0.3 is 0 Å². The summed E-state index contributed by atoms with van der Waals surface area (Å²) in [6.45, 7) is 7.64. The monoisotopic (exact) mass is 320 g/mol. The van der Waals surface area contributed by atoms with Crippen LogP contribution in [0.1, 0.15) is 37.6 Å². The van der Waals surface area contributed by atoms with Crippen LogP contribution in [0.4, 0.5) is 0 Å². The number of hydrogen-bond donors (Lipinski definition) is 1. The maximum absolute atomic E-state index is 12.2. The summed E-state index contributed by atoms with van der Waals surface area (Å²) in [6, 6.07) is 5.09. The Kier molecular flexibility index (Phi) is 5.84. The van der Waals surface area contributed by atoms with Crippen molar-refractivity contribution in [1.29, 1.82) is 0 Å². The van der Waals surface area contributed by atoms with E-state index in [1.54, 1.807) is 30.0 Å². The number of nitrogens with zero attached hydrogens (tertiary/aromatic N) is 1. The van der Waals surface area contributed by atoms with E-state index in [4.69, 9.17) is 9.47 Å². The van der Waals surface area contributed by atoms with Crippen LogP contribution in [0.5, 0.6) is 11.5 Å². The van der Waals surface area contributed by atoms with Gasteiger partial charge < -0.3 is 19.7 Å². The molecule has 2 rings (SSSR count). The zero-order valence-electron chi connectivity index (χ0n) is 13.9. The molecule has 0 saturated heterocycles. The van der Waals surface area contributed by atoms with Crippen LogP contribution < -0.4 is 14.8 Å². The van der Waals surface area contributed by atoms with Crippen LogP contribution in [0.3, 0.4) is 0 Å². The van der Waals surface area contributed by atoms with Gasteiger partial charge in [0, 0.05) is 32.1 Å². The lowest BCUT2D eigenvalue weighted by Gasteiger charge is -2.22. The van der Waals surface area contributed by atoms with Gasteiger partial charge in [0.25, 0.3) is 5.91 Å². The highest BCUT2D eigenvalue weighted by Gasteiger charge is 2.16. The summed E-state index contributed by atoms with van der Waals surface area (Å²) in [7, 11) is 0. The molecule has 0 bridgehead atoms. The van der Waals surface area contributed by atoms with E-state index in [0.29, 0.717) is 42.6 Å². The second kappa shape index (κ2) is 7.85. The van der Waals surface area contributed by atoms with Crippen molar-refractivity contribution in [2.24, 2.45) is 5.92 Å². The van der Waals surface area contributed by atoms with Crippen LogP contribution in [-0.4, -0.2) is 43.1 Å². The minimum absolute atomic E-state index is 0.0305. The molecule has 1 aromatic carbocycles. The van der Waals surface area contributed by atoms with E-state index in [9.17, 15) is 9.59 Å². The molecular weight excluding hydrogens is 296 g/mol. The van der Waals surface area contributed by atoms with Crippen LogP contribution >= 0.6 is 0 Å². The fourth-order valence-corrected chi connectivity index (χ4v) is 2.28. The number of amides is 2. The third-order valence-corrected chi connectivity index (χ3v) is 3.72. The van der Waals surface area contributed by atoms with E-state index in [1.807, 2.05) is 0 Å². The van der Waals surface area contributed by atoms with Crippen molar-refractivity contribution in [1.82, 2.24) is 10.2 Å². The number of ether oxygens (including phenoxy) is 2. The van der Waals surface area contributed by atoms with Gasteiger partial charge in [-0.15, -0.1) is 0 Å². The van der Waals surface area contributed by atoms with Gasteiger partial charge in [-0.1, -0.05) is 13.8 Å². The Hall–Kier alpha value is -2.24. The minimum atomic E-state index is -0.185. The highest BCUT2D eigenvalue weighted by atomic mass is 16.7. The molecule has 0 aromatic heterocycles. The molecule has 6 heteroatoms. The molecule has 2 amide bonds. The van der Waals surface area contributed by atoms with Crippen molar-refractivity contribution in [3.05, 3.63) is 23.8 Å². The molecule has 0 unspecified atom stereocenters. The highest BCUT2D eigenvalue weighted by molar-refractivity contribution is 5.94. The summed E-state index contributed by atoms with van der Waals surface area (Å²) in [4.78, 5) is 25.5. The largest absolute Gasteiger partial charge is 0.454 e. The summed E-state index contributed by atoms with van der Waals surface area (Å²) in [5.41, 5.74) is 0.519. The number of benzene rings is 1. The molecule has 126 valence electrons. The Morgan fingerprint density at radius 1 is 1.22 bits per heavy atom. The Morgan fingerprint density at radius 3 is 2.65 bits per heavy atom. The number of hydrogen-bond acceptors (Lipinski definition) is 4. The third-order valence-electron chi connectivity index (χ3n) is 3.72. The van der Waals surface area contributed by atoms with Gasteiger partial charge in [-0.3, -0.25) is 9.59 Å². The summed E-state index contributed by atoms with van der Waals surface area (Å²) >= 11 is 0. The molecule has 0 radical (unpaired) electrons. The van der Waals surface area contributed by atoms with Crippen molar-refractivity contribution in [2.45, 2.75) is 27.2 Å². The predicted octanol–water partition coefficient (Wildman–Crippen LogP) is 2.04. The average molecular weight is 320 g/mol. The molecule has 1 aliphatic rings. The van der Waals surface area contributed by atoms with Gasteiger partial charge in [0.15, 0.2) is 11.5 Å². The lowest BCUT2D eigenvalue weighted by molar-refractivity contribution is -0.128. The predicted molar refractivity (Wildman–Crippen MR) is 86.6 cm³/mol. The summed E-state index contributed by atoms with van der Waals surface area (Å²) in [6.07, 6.45) is 0.954. The first-order valence-corrected chi connectivity index (χ1v) is 7.90. The molecule has 0 saturated carbocycles. The summed E-state index contributed by atoms with van der Waals surface area (Å²) in [5.74, 6) is 1.62. The Balaban J connectivity index is 1.82. The van der Waals surface area contributed by atoms with Gasteiger partial charge in [0.2, 0.25) is 12.7 Å². The summed E-state index contributed by atoms with van der Waals surface area (Å²) in [5, 5.41) is 2.83. The van der Waals surface area contributed by atoms with Crippen molar-refractivity contribution in [3.63, 3.8) is 0 Å². The fourth-order valence-electron chi connectivity index (χ4n) is 2.28. The van der Waals surface area contributed by atoms with Crippen molar-refractivity contribution < 1.29 is 19.1 Å². The zero-order chi connectivity index (χ0) is 16.8. The lowest BCUT2D eigenvalue weighted by atomic mass is 10.1. The van der Waals surface area contributed by atoms with Gasteiger partial charge in [-0.05, 0) is 30.5 Å². The van der Waals surface area contributed by atoms with E-state index in [0.717, 1.165) is 6.42 Å². The number of carbonyl (C=O) groups is 2. The molecule has 23 heavy (non-hydrogen) atoms. The summed E-state index contributed by atoms with van der Waals surface area (Å²) < 4.78 is 10.5. The average Bonchev–Trinajstić information content (AvgIpc) is 2.97. The Morgan fingerprint density at radius 2 is 1.96 bits per heavy atom. The molecule has 1 aromatic rings. The Bertz CT molecular complexity index is 572. The molecule has 1 aliphatic heterocycles. The normalized spacial score (nSPS) is 12.3. The number of carbonyl (C=O) groups excluding carboxylic acids is 2. The van der Waals surface area contributed by atoms with Crippen molar-refractivity contribution in [3.8, 4) is 11.5 Å². The van der Waals surface area contributed by atoms with E-state index < -0.39 is 0 Å². The van der Waals surface area contributed by atoms with Crippen molar-refractivity contribution in [2.75, 3.05) is 26.4 Å². The first-order chi connectivity index (χ1) is 11.0. The van der Waals surface area contributed by atoms with Gasteiger partial charge in [-0.2, -0.15) is 0 Å². The highest BCUT2D eigenvalue weighted by Crippen LogP contribution is 2.32. The van der Waals surface area contributed by atoms with Crippen LogP contribution in [-0.2, 0) is 4.79 Å². The zero-order valence-corrected chi connectivity index (χ0v) is 13.9. The first-order valence-electron chi connectivity index (χ1n) is 7.90. The lowest BCUT2D eigenvalue weighted by Crippen LogP contribution is -2.38. The minimum Gasteiger partial charge on any atom is -0.454 e. The van der Waals surface area contributed by atoms with E-state index in [-0.39, 0.29) is 18.6 Å². The second-order valence-electron chi connectivity index (χ2n) is 6.01. The van der Waals surface area contributed by atoms with Crippen LogP contribution in [0.2, 0.25) is 0 Å². The maximum Gasteiger partial charge on any atom is 0.251 e. The first kappa shape index (κ1) is 17.1. The third kappa shape index (κ3) is 4.87. The molecule has 6 nitrogen and oxygen atoms in total. The van der Waals surface area contributed by atoms with E-state index >= 15 is 0 Å². The fraction of sp³-hybridized carbons (Fsp3) is 0.529. The topological polar surface area (TPSA) is 67.9 Å². The van der Waals surface area contributed by atoms with Crippen LogP contribution in [0.15, 0.2) is 18.2 Å². The molecule has 1 heterocycles. The van der Waals surface area contributed by atoms with E-state index in [1.165, 1.54) is 0 Å². The smallest absolute Gasteiger partial charge is 0.251 e. The van der Waals surface area contributed by atoms with Gasteiger partial charge in [-0.25, -0.2) is 0 Å². The molecule has 0 atom stereocenters. The van der Waals surface area contributed by atoms with Gasteiger partial charge in [0.05, 0.1) is 0 Å². The quantitative estimate of drug-likeness (QED) is 0.835. The molecule has 0 fully saturated rings. The number of nitrogens with one attached hydrogen (secondary N) is 1. The Labute approximate surface area is 136 Å². The van der Waals surface area contributed by atoms with Crippen LogP contribution in [0.25, 0.3) is 0 Å². The number of rotatable bonds is 7. The molecule has 0 aliphatic carbocycles. The van der Waals surface area contributed by atoms with Crippen molar-refractivity contribution >= 4 is 11.8 Å². The van der Waals surface area contributed by atoms with Crippen LogP contribution in [0, 0.1) is 5.92 Å². The van der Waals surface area contributed by atoms with E-state index in [2.05, 4.69) is 19.2 Å². The standard InChI is InChI=1S/C17H24N2O4/c1-12(2)6-8-19(13(3)20)9-7-18-17(21)14-4-5-15-16(10-14)23-11-22-15/h4-5,10,12H,6-9,11H2,1-3H3,(H,18,21). The molecular formula is C17H24N2O4. The maximum atomic E-state index is 12.2. The SMILES string of the molecule is CC(=O)N(CCNC(=O)c1ccc2c(c1)OCO2)CCC(C)C. The number of fused-ring (bicyclic) bond motifs is 1. The molecule has 1 N–H and O–H groups in total. The second-order valence-corrected chi connectivity index (χ2v) is 6.01. The van der Waals surface area contributed by atoms with Gasteiger partial charge in [0.1, 0.15) is 0 Å². The molecule has 0 spiro atoms.